The summed E-state index contributed by atoms with van der Waals surface area (Å²) in [5.74, 6) is 0. The van der Waals surface area contributed by atoms with E-state index in [0.717, 1.165) is 83.8 Å². The van der Waals surface area contributed by atoms with E-state index in [1.807, 2.05) is 66.8 Å². The minimum Gasteiger partial charge on any atom is -0.354 e. The SMILES string of the molecule is N#C/C=C\c1c2nc(c(-c3ccccc3)c3ccc([nH]3)c(-c3ccccc3)c3nc(c(-c4ccccc4)c4ccc1[nH]4)C=C3)C=C2. The Hall–Kier alpha value is -6.51. The molecule has 0 fully saturated rings. The first-order valence-electron chi connectivity index (χ1n) is 15.2. The zero-order valence-corrected chi connectivity index (χ0v) is 24.8. The van der Waals surface area contributed by atoms with Crippen LogP contribution in [0.15, 0.2) is 121 Å². The van der Waals surface area contributed by atoms with E-state index in [4.69, 9.17) is 9.97 Å². The Labute approximate surface area is 266 Å². The molecule has 8 bridgehead atoms. The van der Waals surface area contributed by atoms with Crippen LogP contribution < -0.4 is 0 Å². The lowest BCUT2D eigenvalue weighted by molar-refractivity contribution is 1.30. The summed E-state index contributed by atoms with van der Waals surface area (Å²) in [7, 11) is 0. The highest BCUT2D eigenvalue weighted by molar-refractivity contribution is 5.98. The van der Waals surface area contributed by atoms with Gasteiger partial charge in [-0.25, -0.2) is 9.97 Å². The molecular formula is C41H27N5. The first-order chi connectivity index (χ1) is 22.8. The van der Waals surface area contributed by atoms with Crippen molar-refractivity contribution < 1.29 is 0 Å². The van der Waals surface area contributed by atoms with Gasteiger partial charge in [-0.1, -0.05) is 91.0 Å². The summed E-state index contributed by atoms with van der Waals surface area (Å²) < 4.78 is 0. The van der Waals surface area contributed by atoms with Crippen LogP contribution in [0.25, 0.3) is 85.8 Å². The number of nitriles is 1. The summed E-state index contributed by atoms with van der Waals surface area (Å²) in [5, 5.41) is 9.47. The first kappa shape index (κ1) is 27.1. The van der Waals surface area contributed by atoms with Crippen molar-refractivity contribution >= 4 is 52.4 Å². The molecule has 6 aromatic rings. The second kappa shape index (κ2) is 11.5. The van der Waals surface area contributed by atoms with Crippen molar-refractivity contribution in [1.29, 1.82) is 5.26 Å². The van der Waals surface area contributed by atoms with Crippen LogP contribution in [0.1, 0.15) is 28.3 Å². The van der Waals surface area contributed by atoms with Gasteiger partial charge in [-0.2, -0.15) is 5.26 Å². The second-order valence-corrected chi connectivity index (χ2v) is 11.1. The van der Waals surface area contributed by atoms with Gasteiger partial charge >= 0.3 is 0 Å². The number of benzene rings is 3. The maximum absolute atomic E-state index is 9.47. The number of fused-ring (bicyclic) bond motifs is 8. The number of aromatic nitrogens is 4. The second-order valence-electron chi connectivity index (χ2n) is 11.1. The Morgan fingerprint density at radius 1 is 0.457 bits per heavy atom. The molecule has 0 radical (unpaired) electrons. The van der Waals surface area contributed by atoms with Gasteiger partial charge in [0.15, 0.2) is 0 Å². The molecule has 0 unspecified atom stereocenters. The smallest absolute Gasteiger partial charge is 0.0912 e. The van der Waals surface area contributed by atoms with Crippen LogP contribution in [0.3, 0.4) is 0 Å². The Morgan fingerprint density at radius 3 is 1.26 bits per heavy atom. The minimum atomic E-state index is 0.772. The number of H-pyrrole nitrogens is 2. The molecule has 5 heteroatoms. The monoisotopic (exact) mass is 589 g/mol. The number of nitrogens with zero attached hydrogens (tertiary/aromatic N) is 3. The molecular weight excluding hydrogens is 562 g/mol. The van der Waals surface area contributed by atoms with Gasteiger partial charge in [-0.05, 0) is 71.3 Å². The van der Waals surface area contributed by atoms with Crippen molar-refractivity contribution in [3.8, 4) is 39.4 Å². The van der Waals surface area contributed by atoms with Crippen molar-refractivity contribution in [2.45, 2.75) is 0 Å². The Morgan fingerprint density at radius 2 is 0.826 bits per heavy atom. The molecule has 216 valence electrons. The van der Waals surface area contributed by atoms with Crippen molar-refractivity contribution in [2.75, 3.05) is 0 Å². The number of hydrogen-bond acceptors (Lipinski definition) is 3. The number of aromatic amines is 2. The third-order valence-corrected chi connectivity index (χ3v) is 8.31. The molecule has 8 rings (SSSR count). The molecule has 0 saturated carbocycles. The summed E-state index contributed by atoms with van der Waals surface area (Å²) in [4.78, 5) is 17.8. The van der Waals surface area contributed by atoms with E-state index in [-0.39, 0.29) is 0 Å². The number of allylic oxidation sites excluding steroid dienone is 1. The van der Waals surface area contributed by atoms with Gasteiger partial charge in [0.05, 0.1) is 28.8 Å². The average molecular weight is 590 g/mol. The van der Waals surface area contributed by atoms with Gasteiger partial charge in [0.25, 0.3) is 0 Å². The van der Waals surface area contributed by atoms with Crippen LogP contribution in [0.4, 0.5) is 0 Å². The van der Waals surface area contributed by atoms with E-state index < -0.39 is 0 Å². The molecule has 0 amide bonds. The van der Waals surface area contributed by atoms with Gasteiger partial charge in [-0.15, -0.1) is 0 Å². The van der Waals surface area contributed by atoms with Crippen LogP contribution in [0.2, 0.25) is 0 Å². The predicted molar refractivity (Wildman–Crippen MR) is 190 cm³/mol. The zero-order chi connectivity index (χ0) is 30.9. The average Bonchev–Trinajstić information content (AvgIpc) is 3.93. The Bertz CT molecular complexity index is 2370. The highest BCUT2D eigenvalue weighted by Gasteiger charge is 2.17. The molecule has 3 aromatic heterocycles. The summed E-state index contributed by atoms with van der Waals surface area (Å²) in [5.41, 5.74) is 14.0. The van der Waals surface area contributed by atoms with Crippen molar-refractivity contribution in [3.63, 3.8) is 0 Å². The van der Waals surface area contributed by atoms with E-state index in [9.17, 15) is 5.26 Å². The van der Waals surface area contributed by atoms with Gasteiger partial charge in [-0.3, -0.25) is 0 Å². The van der Waals surface area contributed by atoms with Crippen LogP contribution in [0.5, 0.6) is 0 Å². The fourth-order valence-electron chi connectivity index (χ4n) is 6.25. The molecule has 5 nitrogen and oxygen atoms in total. The van der Waals surface area contributed by atoms with E-state index in [1.54, 1.807) is 0 Å². The zero-order valence-electron chi connectivity index (χ0n) is 24.8. The van der Waals surface area contributed by atoms with Crippen molar-refractivity contribution in [3.05, 3.63) is 150 Å². The molecule has 0 atom stereocenters. The summed E-state index contributed by atoms with van der Waals surface area (Å²) >= 11 is 0. The lowest BCUT2D eigenvalue weighted by atomic mass is 10.0. The molecule has 2 N–H and O–H groups in total. The molecule has 2 aliphatic rings. The summed E-state index contributed by atoms with van der Waals surface area (Å²) in [6.45, 7) is 0. The Kier molecular flexibility index (Phi) is 6.79. The lowest BCUT2D eigenvalue weighted by Gasteiger charge is -2.06. The van der Waals surface area contributed by atoms with E-state index in [0.29, 0.717) is 0 Å². The normalized spacial score (nSPS) is 12.1. The molecule has 2 aliphatic heterocycles. The standard InChI is InChI=1S/C41H27N5/c42-26-10-17-30-31-18-20-33(43-31)39(27-11-4-1-5-12-27)35-22-24-37(45-35)41(29-15-8-3-9-16-29)38-25-23-36(46-38)40(28-13-6-2-7-14-28)34-21-19-32(30)44-34/h1-25,43,46H/b17-10-,31-30?,32-30?,39-33?,39-35?,40-34?,40-36?,41-37?,41-38?. The highest BCUT2D eigenvalue weighted by Crippen LogP contribution is 2.36. The van der Waals surface area contributed by atoms with Gasteiger partial charge in [0.2, 0.25) is 0 Å². The largest absolute Gasteiger partial charge is 0.354 e. The molecule has 0 spiro atoms. The van der Waals surface area contributed by atoms with Crippen molar-refractivity contribution in [1.82, 2.24) is 19.9 Å². The molecule has 3 aromatic carbocycles. The molecule has 5 heterocycles. The van der Waals surface area contributed by atoms with Gasteiger partial charge < -0.3 is 9.97 Å². The van der Waals surface area contributed by atoms with Gasteiger partial charge in [0, 0.05) is 50.4 Å². The maximum atomic E-state index is 9.47. The van der Waals surface area contributed by atoms with E-state index in [2.05, 4.69) is 94.9 Å². The van der Waals surface area contributed by atoms with E-state index in [1.165, 1.54) is 6.08 Å². The number of nitrogens with one attached hydrogen (secondary N) is 2. The number of hydrogen-bond donors (Lipinski definition) is 2. The maximum Gasteiger partial charge on any atom is 0.0912 e. The Balaban J connectivity index is 1.58. The minimum absolute atomic E-state index is 0.772. The summed E-state index contributed by atoms with van der Waals surface area (Å²) in [6.07, 6.45) is 11.6. The van der Waals surface area contributed by atoms with Crippen molar-refractivity contribution in [2.24, 2.45) is 0 Å². The first-order valence-corrected chi connectivity index (χ1v) is 15.2. The topological polar surface area (TPSA) is 81.2 Å². The third kappa shape index (κ3) is 4.85. The van der Waals surface area contributed by atoms with Crippen LogP contribution >= 0.6 is 0 Å². The fraction of sp³-hybridized carbons (Fsp3) is 0. The molecule has 0 aliphatic carbocycles. The summed E-state index contributed by atoms with van der Waals surface area (Å²) in [6, 6.07) is 41.6. The van der Waals surface area contributed by atoms with Crippen LogP contribution in [-0.4, -0.2) is 19.9 Å². The van der Waals surface area contributed by atoms with Crippen LogP contribution in [0, 0.1) is 11.3 Å². The van der Waals surface area contributed by atoms with Crippen LogP contribution in [-0.2, 0) is 0 Å². The quantitative estimate of drug-likeness (QED) is 0.200. The fourth-order valence-corrected chi connectivity index (χ4v) is 6.25. The number of rotatable bonds is 4. The predicted octanol–water partition coefficient (Wildman–Crippen LogP) is 10.2. The third-order valence-electron chi connectivity index (χ3n) is 8.31. The highest BCUT2D eigenvalue weighted by atomic mass is 14.8. The molecule has 0 saturated heterocycles. The lowest BCUT2D eigenvalue weighted by Crippen LogP contribution is -1.89. The van der Waals surface area contributed by atoms with Gasteiger partial charge in [0.1, 0.15) is 0 Å². The van der Waals surface area contributed by atoms with E-state index >= 15 is 0 Å². The molecule has 46 heavy (non-hydrogen) atoms.